The fourth-order valence-electron chi connectivity index (χ4n) is 5.46. The largest absolute Gasteiger partial charge is 0.508 e. The Morgan fingerprint density at radius 3 is 2.45 bits per heavy atom. The van der Waals surface area contributed by atoms with Crippen molar-refractivity contribution in [2.45, 2.75) is 17.8 Å². The monoisotopic (exact) mass is 455 g/mol. The van der Waals surface area contributed by atoms with Gasteiger partial charge in [-0.25, -0.2) is 4.90 Å². The Bertz CT molecular complexity index is 1300. The molecule has 1 N–H and O–H groups in total. The zero-order chi connectivity index (χ0) is 23.2. The summed E-state index contributed by atoms with van der Waals surface area (Å²) in [5.41, 5.74) is 1.64. The number of carbonyl (C=O) groups excluding carboxylic acids is 2. The summed E-state index contributed by atoms with van der Waals surface area (Å²) in [5, 5.41) is 10.7. The summed E-state index contributed by atoms with van der Waals surface area (Å²) < 4.78 is 0. The van der Waals surface area contributed by atoms with Gasteiger partial charge >= 0.3 is 0 Å². The Hall–Kier alpha value is -3.63. The molecule has 164 valence electrons. The van der Waals surface area contributed by atoms with Crippen LogP contribution in [0.3, 0.4) is 0 Å². The van der Waals surface area contributed by atoms with E-state index in [0.717, 1.165) is 16.7 Å². The van der Waals surface area contributed by atoms with Gasteiger partial charge in [-0.15, -0.1) is 0 Å². The lowest BCUT2D eigenvalue weighted by atomic mass is 9.56. The average molecular weight is 456 g/mol. The summed E-state index contributed by atoms with van der Waals surface area (Å²) in [7, 11) is 0. The molecule has 1 saturated heterocycles. The van der Waals surface area contributed by atoms with Crippen LogP contribution in [0.15, 0.2) is 103 Å². The van der Waals surface area contributed by atoms with Gasteiger partial charge in [-0.1, -0.05) is 78.9 Å². The van der Waals surface area contributed by atoms with Gasteiger partial charge in [0.25, 0.3) is 0 Å². The molecule has 0 bridgehead atoms. The van der Waals surface area contributed by atoms with Gasteiger partial charge in [0, 0.05) is 10.9 Å². The molecule has 1 heterocycles. The smallest absolute Gasteiger partial charge is 0.246 e. The number of fused-ring (bicyclic) bond motifs is 1. The van der Waals surface area contributed by atoms with Crippen LogP contribution in [-0.4, -0.2) is 16.9 Å². The zero-order valence-electron chi connectivity index (χ0n) is 17.8. The van der Waals surface area contributed by atoms with Crippen molar-refractivity contribution >= 4 is 29.1 Å². The Balaban J connectivity index is 1.81. The number of carbonyl (C=O) groups is 2. The Labute approximate surface area is 197 Å². The molecule has 2 amide bonds. The first-order valence-corrected chi connectivity index (χ1v) is 11.2. The van der Waals surface area contributed by atoms with Gasteiger partial charge in [-0.3, -0.25) is 9.59 Å². The lowest BCUT2D eigenvalue weighted by Gasteiger charge is -2.43. The van der Waals surface area contributed by atoms with Gasteiger partial charge in [0.1, 0.15) is 5.75 Å². The van der Waals surface area contributed by atoms with Crippen molar-refractivity contribution in [1.82, 2.24) is 0 Å². The average Bonchev–Trinajstić information content (AvgIpc) is 3.06. The van der Waals surface area contributed by atoms with Crippen LogP contribution in [0, 0.1) is 5.92 Å². The first-order chi connectivity index (χ1) is 16.0. The highest BCUT2D eigenvalue weighted by Gasteiger charge is 2.65. The normalized spacial score (nSPS) is 24.4. The van der Waals surface area contributed by atoms with Crippen LogP contribution in [0.1, 0.15) is 23.5 Å². The lowest BCUT2D eigenvalue weighted by Crippen LogP contribution is -2.48. The maximum Gasteiger partial charge on any atom is 0.246 e. The number of nitrogens with zero attached hydrogens (tertiary/aromatic N) is 1. The standard InChI is InChI=1S/C28H22ClNO3/c1-2-18-14-15-24-26(32)30(22-12-7-11-21(29)17-22)27(33)28(24,20-9-4-3-5-10-20)25(18)19-8-6-13-23(31)16-19/h2-14,16-17,24-25,31H,1,15H2. The number of aromatic hydroxyl groups is 1. The van der Waals surface area contributed by atoms with E-state index in [2.05, 4.69) is 6.58 Å². The summed E-state index contributed by atoms with van der Waals surface area (Å²) in [6.45, 7) is 4.00. The molecular formula is C28H22ClNO3. The number of allylic oxidation sites excluding steroid dienone is 3. The van der Waals surface area contributed by atoms with E-state index in [4.69, 9.17) is 11.6 Å². The maximum absolute atomic E-state index is 14.5. The second-order valence-electron chi connectivity index (χ2n) is 8.42. The number of hydrogen-bond acceptors (Lipinski definition) is 3. The fraction of sp³-hybridized carbons (Fsp3) is 0.143. The van der Waals surface area contributed by atoms with E-state index in [0.29, 0.717) is 17.1 Å². The third kappa shape index (κ3) is 3.13. The molecule has 3 unspecified atom stereocenters. The van der Waals surface area contributed by atoms with Gasteiger partial charge in [0.2, 0.25) is 11.8 Å². The van der Waals surface area contributed by atoms with Gasteiger partial charge in [0.15, 0.2) is 0 Å². The molecule has 5 heteroatoms. The third-order valence-electron chi connectivity index (χ3n) is 6.76. The molecule has 33 heavy (non-hydrogen) atoms. The van der Waals surface area contributed by atoms with Crippen LogP contribution in [-0.2, 0) is 15.0 Å². The number of halogens is 1. The molecule has 3 aromatic carbocycles. The summed E-state index contributed by atoms with van der Waals surface area (Å²) in [5.74, 6) is -1.56. The van der Waals surface area contributed by atoms with E-state index in [-0.39, 0.29) is 17.6 Å². The summed E-state index contributed by atoms with van der Waals surface area (Å²) in [6.07, 6.45) is 4.14. The van der Waals surface area contributed by atoms with Crippen molar-refractivity contribution in [3.05, 3.63) is 119 Å². The van der Waals surface area contributed by atoms with E-state index >= 15 is 0 Å². The SMILES string of the molecule is C=CC1=CCC2C(=O)N(c3cccc(Cl)c3)C(=O)C2(c2ccccc2)C1c1cccc(O)c1. The van der Waals surface area contributed by atoms with Crippen molar-refractivity contribution in [1.29, 1.82) is 0 Å². The molecule has 1 aliphatic heterocycles. The summed E-state index contributed by atoms with van der Waals surface area (Å²) in [6, 6.07) is 23.2. The number of rotatable bonds is 4. The van der Waals surface area contributed by atoms with Gasteiger partial charge < -0.3 is 5.11 Å². The number of benzene rings is 3. The first kappa shape index (κ1) is 21.2. The van der Waals surface area contributed by atoms with Crippen LogP contribution < -0.4 is 4.90 Å². The van der Waals surface area contributed by atoms with Crippen molar-refractivity contribution < 1.29 is 14.7 Å². The quantitative estimate of drug-likeness (QED) is 0.508. The second kappa shape index (κ2) is 8.05. The predicted molar refractivity (Wildman–Crippen MR) is 129 cm³/mol. The number of anilines is 1. The number of amides is 2. The van der Waals surface area contributed by atoms with E-state index < -0.39 is 17.3 Å². The van der Waals surface area contributed by atoms with Crippen LogP contribution in [0.4, 0.5) is 5.69 Å². The molecule has 0 spiro atoms. The molecule has 5 rings (SSSR count). The molecule has 4 nitrogen and oxygen atoms in total. The van der Waals surface area contributed by atoms with Crippen molar-refractivity contribution in [3.8, 4) is 5.75 Å². The Morgan fingerprint density at radius 2 is 1.76 bits per heavy atom. The zero-order valence-corrected chi connectivity index (χ0v) is 18.6. The van der Waals surface area contributed by atoms with Crippen LogP contribution >= 0.6 is 11.6 Å². The number of phenols is 1. The van der Waals surface area contributed by atoms with E-state index in [1.165, 1.54) is 4.90 Å². The molecule has 3 atom stereocenters. The lowest BCUT2D eigenvalue weighted by molar-refractivity contribution is -0.123. The fourth-order valence-corrected chi connectivity index (χ4v) is 5.64. The predicted octanol–water partition coefficient (Wildman–Crippen LogP) is 5.77. The van der Waals surface area contributed by atoms with E-state index in [1.807, 2.05) is 42.5 Å². The van der Waals surface area contributed by atoms with Crippen molar-refractivity contribution in [2.75, 3.05) is 4.90 Å². The van der Waals surface area contributed by atoms with Crippen LogP contribution in [0.25, 0.3) is 0 Å². The van der Waals surface area contributed by atoms with Gasteiger partial charge in [-0.05, 0) is 53.5 Å². The molecule has 1 aliphatic carbocycles. The van der Waals surface area contributed by atoms with Crippen molar-refractivity contribution in [3.63, 3.8) is 0 Å². The number of hydrogen-bond donors (Lipinski definition) is 1. The Kier molecular flexibility index (Phi) is 5.18. The highest BCUT2D eigenvalue weighted by molar-refractivity contribution is 6.32. The number of imide groups is 1. The Morgan fingerprint density at radius 1 is 1.00 bits per heavy atom. The number of phenolic OH excluding ortho intramolecular Hbond substituents is 1. The molecule has 0 radical (unpaired) electrons. The molecule has 2 aliphatic rings. The van der Waals surface area contributed by atoms with Gasteiger partial charge in [0.05, 0.1) is 17.0 Å². The van der Waals surface area contributed by atoms with Crippen molar-refractivity contribution in [2.24, 2.45) is 5.92 Å². The van der Waals surface area contributed by atoms with E-state index in [9.17, 15) is 14.7 Å². The summed E-state index contributed by atoms with van der Waals surface area (Å²) in [4.78, 5) is 29.6. The third-order valence-corrected chi connectivity index (χ3v) is 7.00. The minimum absolute atomic E-state index is 0.102. The van der Waals surface area contributed by atoms with Crippen LogP contribution in [0.2, 0.25) is 5.02 Å². The van der Waals surface area contributed by atoms with E-state index in [1.54, 1.807) is 48.5 Å². The highest BCUT2D eigenvalue weighted by Crippen LogP contribution is 2.58. The highest BCUT2D eigenvalue weighted by atomic mass is 35.5. The minimum atomic E-state index is -1.19. The second-order valence-corrected chi connectivity index (χ2v) is 8.85. The molecular weight excluding hydrogens is 434 g/mol. The maximum atomic E-state index is 14.5. The first-order valence-electron chi connectivity index (χ1n) is 10.8. The topological polar surface area (TPSA) is 57.6 Å². The molecule has 1 fully saturated rings. The molecule has 0 aromatic heterocycles. The van der Waals surface area contributed by atoms with Gasteiger partial charge in [-0.2, -0.15) is 0 Å². The molecule has 0 saturated carbocycles. The molecule has 3 aromatic rings. The summed E-state index contributed by atoms with van der Waals surface area (Å²) >= 11 is 6.21. The van der Waals surface area contributed by atoms with Crippen LogP contribution in [0.5, 0.6) is 5.75 Å². The minimum Gasteiger partial charge on any atom is -0.508 e.